The van der Waals surface area contributed by atoms with Crippen molar-refractivity contribution >= 4 is 162 Å². The average molecular weight is 998 g/mol. The van der Waals surface area contributed by atoms with Crippen molar-refractivity contribution in [3.8, 4) is 0 Å². The molecule has 318 valence electrons. The number of nitrogens with one attached hydrogen (secondary N) is 4. The Hall–Kier alpha value is -5.16. The lowest BCUT2D eigenvalue weighted by Crippen LogP contribution is -2.32. The Kier molecular flexibility index (Phi) is 16.4. The quantitative estimate of drug-likeness (QED) is 0.0630. The number of nitrogens with zero attached hydrogens (tertiary/aromatic N) is 4. The third kappa shape index (κ3) is 12.3. The fourth-order valence-electron chi connectivity index (χ4n) is 5.04. The van der Waals surface area contributed by atoms with Crippen molar-refractivity contribution in [3.63, 3.8) is 0 Å². The molecule has 0 spiro atoms. The van der Waals surface area contributed by atoms with E-state index in [0.717, 1.165) is 13.8 Å². The van der Waals surface area contributed by atoms with E-state index in [4.69, 9.17) is 92.8 Å². The fourth-order valence-corrected chi connectivity index (χ4v) is 6.37. The van der Waals surface area contributed by atoms with E-state index in [1.165, 1.54) is 72.8 Å². The SMILES string of the molecule is CC(=O)C(N=Nc1cc(C(=O)Nc2ccc(Cl)c(Cl)c2)ccc1Cl)C(=O)Nc1ccc(NC(=O)C(N=Nc2cc(C(=O)Nc3ccc(Cl)c(Cl)c3)ccc2Cl)C(C)=O)c(Cl)c1Cl. The van der Waals surface area contributed by atoms with Crippen molar-refractivity contribution in [1.82, 2.24) is 0 Å². The highest BCUT2D eigenvalue weighted by Gasteiger charge is 2.27. The zero-order valence-corrected chi connectivity index (χ0v) is 37.5. The van der Waals surface area contributed by atoms with Gasteiger partial charge in [-0.2, -0.15) is 20.5 Å². The molecule has 14 nitrogen and oxygen atoms in total. The van der Waals surface area contributed by atoms with Gasteiger partial charge in [-0.25, -0.2) is 0 Å². The molecule has 0 aliphatic heterocycles. The highest BCUT2D eigenvalue weighted by Crippen LogP contribution is 2.37. The second-order valence-corrected chi connectivity index (χ2v) is 15.9. The van der Waals surface area contributed by atoms with E-state index in [2.05, 4.69) is 41.7 Å². The van der Waals surface area contributed by atoms with Crippen LogP contribution < -0.4 is 21.3 Å². The summed E-state index contributed by atoms with van der Waals surface area (Å²) in [7, 11) is 0. The first-order valence-corrected chi connectivity index (χ1v) is 20.4. The third-order valence-electron chi connectivity index (χ3n) is 8.20. The molecule has 0 aromatic heterocycles. The molecule has 0 aliphatic rings. The number of rotatable bonds is 14. The monoisotopic (exact) mass is 994 g/mol. The summed E-state index contributed by atoms with van der Waals surface area (Å²) >= 11 is 49.4. The largest absolute Gasteiger partial charge is 0.322 e. The van der Waals surface area contributed by atoms with E-state index in [-0.39, 0.29) is 64.0 Å². The number of halogens is 8. The van der Waals surface area contributed by atoms with E-state index in [1.807, 2.05) is 0 Å². The normalized spacial score (nSPS) is 12.2. The standard InChI is InChI=1S/C40H26Cl8N8O6/c1-17(57)35(55-53-31-13-19(3-7-25(31)43)37(59)49-21-5-9-23(41)27(45)15-21)39(61)51-29-11-12-30(34(48)33(29)47)52-40(62)36(18(2)58)56-54-32-14-20(4-8-26(32)44)38(60)50-22-6-10-24(42)28(46)16-22/h3-16,35-36H,1-2H3,(H,49,59)(H,50,60)(H,51,61)(H,52,62). The van der Waals surface area contributed by atoms with Crippen molar-refractivity contribution in [2.75, 3.05) is 21.3 Å². The van der Waals surface area contributed by atoms with Crippen LogP contribution in [-0.2, 0) is 19.2 Å². The van der Waals surface area contributed by atoms with Crippen LogP contribution >= 0.6 is 92.8 Å². The smallest absolute Gasteiger partial charge is 0.258 e. The summed E-state index contributed by atoms with van der Waals surface area (Å²) in [6.07, 6.45) is 0. The maximum atomic E-state index is 13.3. The molecule has 0 saturated carbocycles. The molecule has 5 aromatic rings. The summed E-state index contributed by atoms with van der Waals surface area (Å²) in [5, 5.41) is 26.5. The maximum absolute atomic E-state index is 13.3. The van der Waals surface area contributed by atoms with E-state index < -0.39 is 47.3 Å². The van der Waals surface area contributed by atoms with Gasteiger partial charge >= 0.3 is 0 Å². The van der Waals surface area contributed by atoms with E-state index in [1.54, 1.807) is 12.1 Å². The van der Waals surface area contributed by atoms with Crippen LogP contribution in [0.4, 0.5) is 34.1 Å². The van der Waals surface area contributed by atoms with Gasteiger partial charge in [0.1, 0.15) is 11.4 Å². The zero-order chi connectivity index (χ0) is 45.4. The molecule has 4 N–H and O–H groups in total. The zero-order valence-electron chi connectivity index (χ0n) is 31.5. The van der Waals surface area contributed by atoms with E-state index in [0.29, 0.717) is 21.4 Å². The summed E-state index contributed by atoms with van der Waals surface area (Å²) in [5.74, 6) is -4.47. The number of anilines is 4. The molecule has 0 bridgehead atoms. The van der Waals surface area contributed by atoms with Crippen LogP contribution in [0.1, 0.15) is 34.6 Å². The minimum atomic E-state index is -1.71. The molecular weight excluding hydrogens is 972 g/mol. The lowest BCUT2D eigenvalue weighted by Gasteiger charge is -2.15. The number of Topliss-reactive ketones (excluding diaryl/α,β-unsaturated/α-hetero) is 2. The third-order valence-corrected chi connectivity index (χ3v) is 11.2. The highest BCUT2D eigenvalue weighted by atomic mass is 35.5. The number of carbonyl (C=O) groups excluding carboxylic acids is 6. The van der Waals surface area contributed by atoms with Crippen molar-refractivity contribution in [2.45, 2.75) is 25.9 Å². The summed E-state index contributed by atoms with van der Waals surface area (Å²) in [4.78, 5) is 77.5. The lowest BCUT2D eigenvalue weighted by molar-refractivity contribution is -0.127. The Morgan fingerprint density at radius 1 is 0.435 bits per heavy atom. The Morgan fingerprint density at radius 3 is 1.13 bits per heavy atom. The van der Waals surface area contributed by atoms with Gasteiger partial charge in [0.25, 0.3) is 23.6 Å². The minimum absolute atomic E-state index is 0.0302. The molecule has 0 saturated heterocycles. The number of ketones is 2. The van der Waals surface area contributed by atoms with Crippen molar-refractivity contribution in [2.24, 2.45) is 20.5 Å². The van der Waals surface area contributed by atoms with Gasteiger partial charge in [0.2, 0.25) is 12.1 Å². The van der Waals surface area contributed by atoms with Gasteiger partial charge in [-0.15, -0.1) is 0 Å². The minimum Gasteiger partial charge on any atom is -0.322 e. The van der Waals surface area contributed by atoms with Gasteiger partial charge in [-0.3, -0.25) is 28.8 Å². The number of hydrogen-bond donors (Lipinski definition) is 4. The first-order valence-electron chi connectivity index (χ1n) is 17.4. The molecule has 5 aromatic carbocycles. The molecule has 22 heteroatoms. The second-order valence-electron chi connectivity index (χ2n) is 12.7. The van der Waals surface area contributed by atoms with Crippen LogP contribution in [0.5, 0.6) is 0 Å². The van der Waals surface area contributed by atoms with Crippen molar-refractivity contribution in [3.05, 3.63) is 136 Å². The summed E-state index contributed by atoms with van der Waals surface area (Å²) in [6.45, 7) is 2.20. The maximum Gasteiger partial charge on any atom is 0.258 e. The van der Waals surface area contributed by atoms with Crippen LogP contribution in [0.15, 0.2) is 105 Å². The van der Waals surface area contributed by atoms with Gasteiger partial charge in [0, 0.05) is 22.5 Å². The Morgan fingerprint density at radius 2 is 0.790 bits per heavy atom. The Bertz CT molecular complexity index is 2530. The molecule has 0 heterocycles. The van der Waals surface area contributed by atoms with Crippen LogP contribution in [0, 0.1) is 0 Å². The molecule has 2 atom stereocenters. The molecule has 62 heavy (non-hydrogen) atoms. The molecule has 2 unspecified atom stereocenters. The Labute approximate surface area is 392 Å². The van der Waals surface area contributed by atoms with Gasteiger partial charge in [0.15, 0.2) is 11.6 Å². The fraction of sp³-hybridized carbons (Fsp3) is 0.100. The summed E-state index contributed by atoms with van der Waals surface area (Å²) in [5.41, 5.74) is 0.731. The summed E-state index contributed by atoms with van der Waals surface area (Å²) < 4.78 is 0. The van der Waals surface area contributed by atoms with E-state index in [9.17, 15) is 28.8 Å². The van der Waals surface area contributed by atoms with Crippen molar-refractivity contribution < 1.29 is 28.8 Å². The number of amides is 4. The van der Waals surface area contributed by atoms with E-state index >= 15 is 0 Å². The average Bonchev–Trinajstić information content (AvgIpc) is 3.21. The van der Waals surface area contributed by atoms with Crippen LogP contribution in [0.2, 0.25) is 40.2 Å². The molecular formula is C40H26Cl8N8O6. The predicted octanol–water partition coefficient (Wildman–Crippen LogP) is 12.8. The number of carbonyl (C=O) groups is 6. The van der Waals surface area contributed by atoms with Crippen LogP contribution in [0.25, 0.3) is 0 Å². The van der Waals surface area contributed by atoms with Crippen LogP contribution in [0.3, 0.4) is 0 Å². The summed E-state index contributed by atoms with van der Waals surface area (Å²) in [6, 6.07) is 16.4. The lowest BCUT2D eigenvalue weighted by atomic mass is 10.1. The molecule has 5 rings (SSSR count). The van der Waals surface area contributed by atoms with Gasteiger partial charge in [-0.1, -0.05) is 92.8 Å². The Balaban J connectivity index is 1.26. The van der Waals surface area contributed by atoms with Crippen molar-refractivity contribution in [1.29, 1.82) is 0 Å². The topological polar surface area (TPSA) is 200 Å². The van der Waals surface area contributed by atoms with Crippen LogP contribution in [-0.4, -0.2) is 47.3 Å². The van der Waals surface area contributed by atoms with Gasteiger partial charge in [0.05, 0.1) is 51.6 Å². The number of hydrogen-bond acceptors (Lipinski definition) is 10. The first kappa shape index (κ1) is 47.9. The second kappa shape index (κ2) is 21.3. The predicted molar refractivity (Wildman–Crippen MR) is 243 cm³/mol. The van der Waals surface area contributed by atoms with Gasteiger partial charge < -0.3 is 21.3 Å². The first-order chi connectivity index (χ1) is 29.3. The molecule has 0 aliphatic carbocycles. The number of benzene rings is 5. The molecule has 0 fully saturated rings. The number of azo groups is 2. The highest BCUT2D eigenvalue weighted by molar-refractivity contribution is 6.46. The molecule has 4 amide bonds. The van der Waals surface area contributed by atoms with Gasteiger partial charge in [-0.05, 0) is 98.8 Å². The molecule has 0 radical (unpaired) electrons.